The quantitative estimate of drug-likeness (QED) is 0.339. The molecule has 2 N–H and O–H groups in total. The fourth-order valence-electron chi connectivity index (χ4n) is 4.61. The van der Waals surface area contributed by atoms with Crippen LogP contribution in [0.25, 0.3) is 23.1 Å². The number of benzene rings is 1. The number of anilines is 1. The molecular formula is C31H42N8O4. The van der Waals surface area contributed by atoms with E-state index in [1.807, 2.05) is 64.1 Å². The van der Waals surface area contributed by atoms with Crippen molar-refractivity contribution in [3.05, 3.63) is 54.3 Å². The van der Waals surface area contributed by atoms with Crippen LogP contribution in [-0.4, -0.2) is 99.4 Å². The normalized spacial score (nSPS) is 15.0. The standard InChI is InChI=1S/C31H42N8O4/c1-8-9-10-25-21(2)33-29(39-27(25)35-26(36-39)23-11-13-24(42-7)14-12-23)34-22(3)28(40)32-15-16-37-17-19-38(20-18-37)30(41)43-31(4,5)6/h8-14,22H,1,15-20H2,2-7H3,(H,32,40)(H,33,34)/b10-9-/t22-/m1/s1. The first-order valence-electron chi connectivity index (χ1n) is 14.4. The summed E-state index contributed by atoms with van der Waals surface area (Å²) in [5.74, 6) is 1.52. The van der Waals surface area contributed by atoms with Crippen molar-refractivity contribution < 1.29 is 19.1 Å². The first-order valence-corrected chi connectivity index (χ1v) is 14.4. The van der Waals surface area contributed by atoms with Gasteiger partial charge >= 0.3 is 6.09 Å². The van der Waals surface area contributed by atoms with Gasteiger partial charge in [0.25, 0.3) is 0 Å². The molecule has 1 aromatic carbocycles. The first-order chi connectivity index (χ1) is 20.5. The number of carbonyl (C=O) groups excluding carboxylic acids is 2. The third kappa shape index (κ3) is 8.10. The van der Waals surface area contributed by atoms with Gasteiger partial charge in [-0.1, -0.05) is 18.7 Å². The molecule has 3 heterocycles. The van der Waals surface area contributed by atoms with Crippen LogP contribution in [0.2, 0.25) is 0 Å². The second kappa shape index (κ2) is 13.7. The van der Waals surface area contributed by atoms with E-state index in [9.17, 15) is 9.59 Å². The van der Waals surface area contributed by atoms with Gasteiger partial charge in [0.1, 0.15) is 17.4 Å². The Kier molecular flexibility index (Phi) is 10.0. The van der Waals surface area contributed by atoms with Gasteiger partial charge < -0.3 is 25.0 Å². The molecule has 4 rings (SSSR count). The van der Waals surface area contributed by atoms with Gasteiger partial charge in [-0.25, -0.2) is 14.8 Å². The molecule has 3 aromatic rings. The summed E-state index contributed by atoms with van der Waals surface area (Å²) in [5, 5.41) is 10.9. The molecule has 0 unspecified atom stereocenters. The average Bonchev–Trinajstić information content (AvgIpc) is 3.42. The summed E-state index contributed by atoms with van der Waals surface area (Å²) >= 11 is 0. The van der Waals surface area contributed by atoms with Gasteiger partial charge in [0.2, 0.25) is 11.9 Å². The molecule has 12 heteroatoms. The number of carbonyl (C=O) groups is 2. The number of amides is 2. The second-order valence-corrected chi connectivity index (χ2v) is 11.4. The Morgan fingerprint density at radius 1 is 1.12 bits per heavy atom. The van der Waals surface area contributed by atoms with Crippen molar-refractivity contribution in [2.45, 2.75) is 46.3 Å². The molecule has 2 aromatic heterocycles. The smallest absolute Gasteiger partial charge is 0.410 e. The highest BCUT2D eigenvalue weighted by Crippen LogP contribution is 2.25. The molecule has 43 heavy (non-hydrogen) atoms. The molecule has 2 amide bonds. The highest BCUT2D eigenvalue weighted by molar-refractivity contribution is 5.84. The van der Waals surface area contributed by atoms with E-state index in [-0.39, 0.29) is 12.0 Å². The lowest BCUT2D eigenvalue weighted by atomic mass is 10.2. The predicted octanol–water partition coefficient (Wildman–Crippen LogP) is 3.78. The average molecular weight is 591 g/mol. The molecule has 0 saturated carbocycles. The monoisotopic (exact) mass is 590 g/mol. The lowest BCUT2D eigenvalue weighted by Crippen LogP contribution is -2.51. The van der Waals surface area contributed by atoms with E-state index in [2.05, 4.69) is 22.1 Å². The Labute approximate surface area is 252 Å². The summed E-state index contributed by atoms with van der Waals surface area (Å²) in [6.07, 6.45) is 5.12. The first kappa shape index (κ1) is 31.5. The molecule has 1 atom stereocenters. The SMILES string of the molecule is C=C/C=C\c1c(C)nc(N[C@H](C)C(=O)NCCN2CCN(C(=O)OC(C)(C)C)CC2)n2nc(-c3ccc(OC)cc3)nc12. The number of aryl methyl sites for hydroxylation is 1. The fourth-order valence-corrected chi connectivity index (χ4v) is 4.61. The molecule has 1 aliphatic rings. The number of piperazine rings is 1. The van der Waals surface area contributed by atoms with Crippen molar-refractivity contribution in [1.82, 2.24) is 34.7 Å². The molecule has 0 aliphatic carbocycles. The number of fused-ring (bicyclic) bond motifs is 1. The van der Waals surface area contributed by atoms with Crippen molar-refractivity contribution in [1.29, 1.82) is 0 Å². The molecule has 0 spiro atoms. The minimum absolute atomic E-state index is 0.161. The van der Waals surface area contributed by atoms with E-state index in [1.165, 1.54) is 0 Å². The summed E-state index contributed by atoms with van der Waals surface area (Å²) in [6, 6.07) is 6.93. The van der Waals surface area contributed by atoms with E-state index in [0.29, 0.717) is 43.6 Å². The zero-order valence-corrected chi connectivity index (χ0v) is 25.9. The van der Waals surface area contributed by atoms with Crippen molar-refractivity contribution in [2.24, 2.45) is 0 Å². The van der Waals surface area contributed by atoms with Crippen molar-refractivity contribution in [3.63, 3.8) is 0 Å². The van der Waals surface area contributed by atoms with Gasteiger partial charge in [0, 0.05) is 50.4 Å². The lowest BCUT2D eigenvalue weighted by Gasteiger charge is -2.35. The number of rotatable bonds is 10. The van der Waals surface area contributed by atoms with Crippen molar-refractivity contribution in [2.75, 3.05) is 51.7 Å². The summed E-state index contributed by atoms with van der Waals surface area (Å²) in [5.41, 5.74) is 2.46. The molecule has 1 fully saturated rings. The maximum absolute atomic E-state index is 13.0. The topological polar surface area (TPSA) is 126 Å². The summed E-state index contributed by atoms with van der Waals surface area (Å²) < 4.78 is 12.4. The summed E-state index contributed by atoms with van der Waals surface area (Å²) in [6.45, 7) is 16.8. The van der Waals surface area contributed by atoms with E-state index in [0.717, 1.165) is 35.7 Å². The fraction of sp³-hybridized carbons (Fsp3) is 0.452. The number of nitrogens with zero attached hydrogens (tertiary/aromatic N) is 6. The highest BCUT2D eigenvalue weighted by atomic mass is 16.6. The minimum atomic E-state index is -0.581. The van der Waals surface area contributed by atoms with E-state index in [4.69, 9.17) is 24.5 Å². The molecule has 0 radical (unpaired) electrons. The van der Waals surface area contributed by atoms with Gasteiger partial charge in [0.15, 0.2) is 11.5 Å². The Morgan fingerprint density at radius 3 is 2.44 bits per heavy atom. The van der Waals surface area contributed by atoms with Gasteiger partial charge in [-0.2, -0.15) is 4.52 Å². The van der Waals surface area contributed by atoms with E-state index < -0.39 is 11.6 Å². The zero-order valence-electron chi connectivity index (χ0n) is 25.9. The third-order valence-electron chi connectivity index (χ3n) is 6.95. The molecule has 1 aliphatic heterocycles. The summed E-state index contributed by atoms with van der Waals surface area (Å²) in [7, 11) is 1.62. The summed E-state index contributed by atoms with van der Waals surface area (Å²) in [4.78, 5) is 38.8. The van der Waals surface area contributed by atoms with Crippen LogP contribution in [0.4, 0.5) is 10.7 Å². The maximum atomic E-state index is 13.0. The Balaban J connectivity index is 1.39. The van der Waals surface area contributed by atoms with Crippen LogP contribution in [0.5, 0.6) is 5.75 Å². The van der Waals surface area contributed by atoms with Crippen LogP contribution >= 0.6 is 0 Å². The second-order valence-electron chi connectivity index (χ2n) is 11.4. The maximum Gasteiger partial charge on any atom is 0.410 e. The Hall–Kier alpha value is -4.45. The molecule has 1 saturated heterocycles. The number of ether oxygens (including phenoxy) is 2. The number of aromatic nitrogens is 4. The van der Waals surface area contributed by atoms with Crippen molar-refractivity contribution >= 4 is 29.7 Å². The van der Waals surface area contributed by atoms with Crippen LogP contribution in [0.15, 0.2) is 43.0 Å². The van der Waals surface area contributed by atoms with Gasteiger partial charge in [-0.05, 0) is 65.0 Å². The van der Waals surface area contributed by atoms with Crippen LogP contribution in [0.1, 0.15) is 39.0 Å². The zero-order chi connectivity index (χ0) is 31.1. The van der Waals surface area contributed by atoms with Crippen LogP contribution in [0.3, 0.4) is 0 Å². The Morgan fingerprint density at radius 2 is 1.81 bits per heavy atom. The highest BCUT2D eigenvalue weighted by Gasteiger charge is 2.26. The van der Waals surface area contributed by atoms with Gasteiger partial charge in [-0.15, -0.1) is 5.10 Å². The number of allylic oxidation sites excluding steroid dienone is 2. The number of methoxy groups -OCH3 is 1. The number of hydrogen-bond donors (Lipinski definition) is 2. The van der Waals surface area contributed by atoms with Gasteiger partial charge in [-0.3, -0.25) is 9.69 Å². The third-order valence-corrected chi connectivity index (χ3v) is 6.95. The Bertz CT molecular complexity index is 1470. The molecule has 12 nitrogen and oxygen atoms in total. The van der Waals surface area contributed by atoms with Gasteiger partial charge in [0.05, 0.1) is 12.8 Å². The molecular weight excluding hydrogens is 548 g/mol. The minimum Gasteiger partial charge on any atom is -0.497 e. The molecule has 0 bridgehead atoms. The predicted molar refractivity (Wildman–Crippen MR) is 167 cm³/mol. The lowest BCUT2D eigenvalue weighted by molar-refractivity contribution is -0.121. The van der Waals surface area contributed by atoms with Crippen LogP contribution in [-0.2, 0) is 9.53 Å². The van der Waals surface area contributed by atoms with Crippen LogP contribution < -0.4 is 15.4 Å². The number of nitrogens with one attached hydrogen (secondary N) is 2. The van der Waals surface area contributed by atoms with E-state index in [1.54, 1.807) is 29.5 Å². The number of hydrogen-bond acceptors (Lipinski definition) is 9. The van der Waals surface area contributed by atoms with Crippen LogP contribution in [0, 0.1) is 6.92 Å². The largest absolute Gasteiger partial charge is 0.497 e. The van der Waals surface area contributed by atoms with Crippen molar-refractivity contribution in [3.8, 4) is 17.1 Å². The van der Waals surface area contributed by atoms with E-state index >= 15 is 0 Å². The molecule has 230 valence electrons.